The minimum atomic E-state index is -0.448. The van der Waals surface area contributed by atoms with Gasteiger partial charge in [-0.15, -0.1) is 0 Å². The van der Waals surface area contributed by atoms with Gasteiger partial charge in [-0.25, -0.2) is 8.78 Å². The average molecular weight is 741 g/mol. The highest BCUT2D eigenvalue weighted by Gasteiger charge is 2.23. The molecule has 4 nitrogen and oxygen atoms in total. The van der Waals surface area contributed by atoms with Crippen molar-refractivity contribution in [1.82, 2.24) is 0 Å². The minimum absolute atomic E-state index is 0.0551. The van der Waals surface area contributed by atoms with Crippen LogP contribution < -0.4 is 9.47 Å². The minimum Gasteiger partial charge on any atom is -0.507 e. The van der Waals surface area contributed by atoms with Crippen molar-refractivity contribution >= 4 is 0 Å². The predicted octanol–water partition coefficient (Wildman–Crippen LogP) is 13.1. The number of hydrogen-bond acceptors (Lipinski definition) is 4. The maximum absolute atomic E-state index is 14.9. The normalized spacial score (nSPS) is 12.4. The number of halogens is 2. The maximum atomic E-state index is 14.9. The summed E-state index contributed by atoms with van der Waals surface area (Å²) in [5.74, 6) is 0.0596. The Kier molecular flexibility index (Phi) is 11.1. The van der Waals surface area contributed by atoms with Crippen molar-refractivity contribution in [3.05, 3.63) is 141 Å². The monoisotopic (exact) mass is 740 g/mol. The third-order valence-electron chi connectivity index (χ3n) is 10.2. The number of benzene rings is 6. The zero-order valence-corrected chi connectivity index (χ0v) is 33.4. The lowest BCUT2D eigenvalue weighted by Crippen LogP contribution is -2.23. The average Bonchev–Trinajstić information content (AvgIpc) is 3.08. The second kappa shape index (κ2) is 15.6. The molecular weight excluding hydrogens is 691 g/mol. The molecule has 0 bridgehead atoms. The van der Waals surface area contributed by atoms with Crippen molar-refractivity contribution in [2.45, 2.75) is 87.9 Å². The van der Waals surface area contributed by atoms with Gasteiger partial charge < -0.3 is 19.7 Å². The Morgan fingerprint density at radius 2 is 0.745 bits per heavy atom. The van der Waals surface area contributed by atoms with Gasteiger partial charge in [-0.1, -0.05) is 35.4 Å². The van der Waals surface area contributed by atoms with Crippen molar-refractivity contribution in [2.75, 3.05) is 0 Å². The van der Waals surface area contributed by atoms with E-state index in [9.17, 15) is 19.0 Å². The lowest BCUT2D eigenvalue weighted by Gasteiger charge is -2.24. The van der Waals surface area contributed by atoms with Gasteiger partial charge in [-0.3, -0.25) is 0 Å². The van der Waals surface area contributed by atoms with Gasteiger partial charge in [-0.05, 0) is 174 Å². The van der Waals surface area contributed by atoms with Crippen molar-refractivity contribution in [3.8, 4) is 67.5 Å². The Balaban J connectivity index is 1.29. The molecule has 0 aliphatic carbocycles. The molecule has 2 N–H and O–H groups in total. The van der Waals surface area contributed by atoms with Crippen LogP contribution >= 0.6 is 0 Å². The zero-order valence-electron chi connectivity index (χ0n) is 33.4. The summed E-state index contributed by atoms with van der Waals surface area (Å²) in [6.45, 7) is 19.9. The Morgan fingerprint density at radius 1 is 0.436 bits per heavy atom. The van der Waals surface area contributed by atoms with Crippen LogP contribution in [0.5, 0.6) is 23.0 Å². The first-order valence-electron chi connectivity index (χ1n) is 18.8. The van der Waals surface area contributed by atoms with Crippen molar-refractivity contribution in [3.63, 3.8) is 0 Å². The van der Waals surface area contributed by atoms with Crippen LogP contribution in [0.4, 0.5) is 8.78 Å². The number of aryl methyl sites for hydroxylation is 8. The molecule has 0 radical (unpaired) electrons. The van der Waals surface area contributed by atoms with Crippen LogP contribution in [0.2, 0.25) is 0 Å². The third-order valence-corrected chi connectivity index (χ3v) is 10.2. The summed E-state index contributed by atoms with van der Waals surface area (Å²) in [5.41, 5.74) is 13.4. The molecule has 6 heteroatoms. The standard InChI is InChI=1S/C49H50F2O4/c1-26-15-30(5)46(31(6)16-26)42-21-28(3)19-40(48(42)52)38-24-36(50)11-13-44(38)54-34(9)23-35(10)55-45-14-12-37(51)25-39(45)41-20-29(4)22-43(49(41)53)47-32(7)17-27(2)18-33(47)8/h11-22,24-25,34-35,52-53H,23H2,1-10H3/t34-,35+. The van der Waals surface area contributed by atoms with E-state index in [0.29, 0.717) is 51.3 Å². The molecule has 2 atom stereocenters. The zero-order chi connectivity index (χ0) is 39.9. The van der Waals surface area contributed by atoms with Gasteiger partial charge in [0, 0.05) is 39.8 Å². The SMILES string of the molecule is Cc1cc(C)c(-c2cc(C)cc(-c3cc(F)ccc3O[C@H](C)C[C@H](C)Oc3ccc(F)cc3-c3cc(C)cc(-c4c(C)cc(C)cc4C)c3O)c2O)c(C)c1. The van der Waals surface area contributed by atoms with Gasteiger partial charge in [0.05, 0.1) is 12.2 Å². The molecule has 0 aliphatic heterocycles. The fraction of sp³-hybridized carbons (Fsp3) is 0.265. The molecule has 0 spiro atoms. The van der Waals surface area contributed by atoms with Crippen LogP contribution in [-0.4, -0.2) is 22.4 Å². The smallest absolute Gasteiger partial charge is 0.131 e. The molecule has 0 saturated carbocycles. The predicted molar refractivity (Wildman–Crippen MR) is 221 cm³/mol. The molecule has 6 rings (SSSR count). The highest BCUT2D eigenvalue weighted by molar-refractivity contribution is 5.88. The van der Waals surface area contributed by atoms with E-state index in [-0.39, 0.29) is 11.5 Å². The first-order chi connectivity index (χ1) is 26.0. The lowest BCUT2D eigenvalue weighted by molar-refractivity contribution is 0.131. The second-order valence-corrected chi connectivity index (χ2v) is 15.3. The Hall–Kier alpha value is -5.62. The van der Waals surface area contributed by atoms with Gasteiger partial charge >= 0.3 is 0 Å². The van der Waals surface area contributed by atoms with Crippen LogP contribution in [0.25, 0.3) is 44.5 Å². The fourth-order valence-electron chi connectivity index (χ4n) is 8.19. The molecule has 0 unspecified atom stereocenters. The second-order valence-electron chi connectivity index (χ2n) is 15.3. The summed E-state index contributed by atoms with van der Waals surface area (Å²) in [4.78, 5) is 0. The van der Waals surface area contributed by atoms with E-state index in [0.717, 1.165) is 55.6 Å². The van der Waals surface area contributed by atoms with Gasteiger partial charge in [0.1, 0.15) is 34.6 Å². The van der Waals surface area contributed by atoms with Crippen LogP contribution in [0.1, 0.15) is 64.8 Å². The summed E-state index contributed by atoms with van der Waals surface area (Å²) in [6, 6.07) is 24.6. The molecule has 284 valence electrons. The topological polar surface area (TPSA) is 58.9 Å². The molecule has 0 aromatic heterocycles. The number of rotatable bonds is 10. The Morgan fingerprint density at radius 3 is 1.09 bits per heavy atom. The van der Waals surface area contributed by atoms with Gasteiger partial charge in [-0.2, -0.15) is 0 Å². The number of aromatic hydroxyl groups is 2. The summed E-state index contributed by atoms with van der Waals surface area (Å²) in [6.07, 6.45) is -0.377. The largest absolute Gasteiger partial charge is 0.507 e. The first kappa shape index (κ1) is 39.1. The molecule has 55 heavy (non-hydrogen) atoms. The van der Waals surface area contributed by atoms with E-state index < -0.39 is 23.8 Å². The van der Waals surface area contributed by atoms with Crippen molar-refractivity contribution in [1.29, 1.82) is 0 Å². The Labute approximate surface area is 324 Å². The number of phenols is 2. The van der Waals surface area contributed by atoms with Gasteiger partial charge in [0.25, 0.3) is 0 Å². The molecular formula is C49H50F2O4. The molecule has 0 amide bonds. The highest BCUT2D eigenvalue weighted by Crippen LogP contribution is 2.46. The fourth-order valence-corrected chi connectivity index (χ4v) is 8.19. The van der Waals surface area contributed by atoms with E-state index in [2.05, 4.69) is 24.3 Å². The molecule has 6 aromatic rings. The number of phenolic OH excluding ortho intramolecular Hbond substituents is 2. The van der Waals surface area contributed by atoms with Crippen LogP contribution in [0, 0.1) is 67.0 Å². The van der Waals surface area contributed by atoms with Crippen LogP contribution in [-0.2, 0) is 0 Å². The van der Waals surface area contributed by atoms with E-state index in [1.54, 1.807) is 12.1 Å². The summed E-state index contributed by atoms with van der Waals surface area (Å²) in [7, 11) is 0. The van der Waals surface area contributed by atoms with Gasteiger partial charge in [0.15, 0.2) is 0 Å². The lowest BCUT2D eigenvalue weighted by atomic mass is 9.89. The molecule has 0 aliphatic rings. The summed E-state index contributed by atoms with van der Waals surface area (Å²) >= 11 is 0. The molecule has 0 heterocycles. The van der Waals surface area contributed by atoms with Gasteiger partial charge in [0.2, 0.25) is 0 Å². The highest BCUT2D eigenvalue weighted by atomic mass is 19.1. The van der Waals surface area contributed by atoms with E-state index in [4.69, 9.17) is 9.47 Å². The van der Waals surface area contributed by atoms with Crippen molar-refractivity contribution in [2.24, 2.45) is 0 Å². The van der Waals surface area contributed by atoms with Crippen LogP contribution in [0.15, 0.2) is 84.9 Å². The molecule has 6 aromatic carbocycles. The number of hydrogen-bond donors (Lipinski definition) is 2. The number of ether oxygens (including phenoxy) is 2. The molecule has 0 saturated heterocycles. The van der Waals surface area contributed by atoms with E-state index in [1.807, 2.05) is 93.5 Å². The van der Waals surface area contributed by atoms with E-state index >= 15 is 0 Å². The molecule has 0 fully saturated rings. The van der Waals surface area contributed by atoms with E-state index in [1.165, 1.54) is 24.3 Å². The Bertz CT molecular complexity index is 2210. The summed E-state index contributed by atoms with van der Waals surface area (Å²) in [5, 5.41) is 23.5. The van der Waals surface area contributed by atoms with Crippen LogP contribution in [0.3, 0.4) is 0 Å². The van der Waals surface area contributed by atoms with Crippen molar-refractivity contribution < 1.29 is 28.5 Å². The quantitative estimate of drug-likeness (QED) is 0.147. The third kappa shape index (κ3) is 8.24. The summed E-state index contributed by atoms with van der Waals surface area (Å²) < 4.78 is 42.7. The maximum Gasteiger partial charge on any atom is 0.131 e. The first-order valence-corrected chi connectivity index (χ1v) is 18.8.